The first-order valence-electron chi connectivity index (χ1n) is 13.9. The zero-order valence-electron chi connectivity index (χ0n) is 22.8. The van der Waals surface area contributed by atoms with E-state index in [1.807, 2.05) is 60.7 Å². The van der Waals surface area contributed by atoms with E-state index in [0.29, 0.717) is 23.3 Å². The predicted octanol–water partition coefficient (Wildman–Crippen LogP) is 5.39. The Bertz CT molecular complexity index is 1440. The van der Waals surface area contributed by atoms with Crippen molar-refractivity contribution in [1.29, 1.82) is 0 Å². The lowest BCUT2D eigenvalue weighted by Gasteiger charge is -2.42. The SMILES string of the molecule is CCOC(=O)c1cc(=O)c2cc(OCCCN3CCC(C(O)(c4ccccc4)c4ccccc4)CC3)ccc2o1. The molecule has 7 heteroatoms. The van der Waals surface area contributed by atoms with Gasteiger partial charge in [-0.1, -0.05) is 60.7 Å². The van der Waals surface area contributed by atoms with Gasteiger partial charge in [-0.15, -0.1) is 0 Å². The molecule has 0 aliphatic carbocycles. The minimum absolute atomic E-state index is 0.109. The van der Waals surface area contributed by atoms with Crippen LogP contribution in [0.25, 0.3) is 11.0 Å². The van der Waals surface area contributed by atoms with E-state index >= 15 is 0 Å². The van der Waals surface area contributed by atoms with Gasteiger partial charge in [0, 0.05) is 12.6 Å². The summed E-state index contributed by atoms with van der Waals surface area (Å²) >= 11 is 0. The van der Waals surface area contributed by atoms with Crippen molar-refractivity contribution >= 4 is 16.9 Å². The Kier molecular flexibility index (Phi) is 8.63. The van der Waals surface area contributed by atoms with E-state index in [9.17, 15) is 14.7 Å². The highest BCUT2D eigenvalue weighted by molar-refractivity contribution is 5.89. The number of likely N-dealkylation sites (tertiary alicyclic amines) is 1. The molecule has 0 atom stereocenters. The molecule has 0 unspecified atom stereocenters. The monoisotopic (exact) mass is 541 g/mol. The summed E-state index contributed by atoms with van der Waals surface area (Å²) in [7, 11) is 0. The molecule has 1 aliphatic rings. The first kappa shape index (κ1) is 27.6. The lowest BCUT2D eigenvalue weighted by atomic mass is 9.72. The summed E-state index contributed by atoms with van der Waals surface area (Å²) in [6.45, 7) is 5.12. The van der Waals surface area contributed by atoms with Crippen LogP contribution in [0.5, 0.6) is 5.75 Å². The number of piperidine rings is 1. The number of rotatable bonds is 10. The number of aliphatic hydroxyl groups is 1. The largest absolute Gasteiger partial charge is 0.494 e. The molecule has 1 saturated heterocycles. The van der Waals surface area contributed by atoms with Gasteiger partial charge in [0.2, 0.25) is 5.76 Å². The van der Waals surface area contributed by atoms with Crippen molar-refractivity contribution in [2.24, 2.45) is 5.92 Å². The normalized spacial score (nSPS) is 14.8. The fourth-order valence-corrected chi connectivity index (χ4v) is 5.60. The Labute approximate surface area is 234 Å². The summed E-state index contributed by atoms with van der Waals surface area (Å²) in [6, 6.07) is 26.2. The number of esters is 1. The van der Waals surface area contributed by atoms with Crippen LogP contribution in [0.15, 0.2) is 94.1 Å². The van der Waals surface area contributed by atoms with Crippen molar-refractivity contribution in [1.82, 2.24) is 4.90 Å². The number of carbonyl (C=O) groups is 1. The van der Waals surface area contributed by atoms with Gasteiger partial charge in [0.05, 0.1) is 18.6 Å². The molecule has 1 N–H and O–H groups in total. The standard InChI is InChI=1S/C33H35NO6/c1-2-38-32(36)31-23-29(35)28-22-27(14-15-30(28)40-31)39-21-9-18-34-19-16-26(17-20-34)33(37,24-10-5-3-6-11-24)25-12-7-4-8-13-25/h3-8,10-15,22-23,26,37H,2,9,16-21H2,1H3. The van der Waals surface area contributed by atoms with Crippen molar-refractivity contribution in [2.75, 3.05) is 32.8 Å². The molecule has 0 saturated carbocycles. The third-order valence-corrected chi connectivity index (χ3v) is 7.67. The number of fused-ring (bicyclic) bond motifs is 1. The second-order valence-corrected chi connectivity index (χ2v) is 10.2. The molecule has 208 valence electrons. The zero-order valence-corrected chi connectivity index (χ0v) is 22.8. The first-order chi connectivity index (χ1) is 19.5. The van der Waals surface area contributed by atoms with E-state index in [1.54, 1.807) is 25.1 Å². The number of benzene rings is 3. The van der Waals surface area contributed by atoms with Crippen LogP contribution >= 0.6 is 0 Å². The predicted molar refractivity (Wildman–Crippen MR) is 154 cm³/mol. The molecule has 7 nitrogen and oxygen atoms in total. The van der Waals surface area contributed by atoms with E-state index in [4.69, 9.17) is 13.9 Å². The van der Waals surface area contributed by atoms with Gasteiger partial charge < -0.3 is 23.9 Å². The van der Waals surface area contributed by atoms with Crippen LogP contribution in [-0.2, 0) is 10.3 Å². The molecule has 0 radical (unpaired) electrons. The molecular formula is C33H35NO6. The van der Waals surface area contributed by atoms with Crippen LogP contribution in [-0.4, -0.2) is 48.8 Å². The average Bonchev–Trinajstić information content (AvgIpc) is 3.00. The fourth-order valence-electron chi connectivity index (χ4n) is 5.60. The molecule has 1 aromatic heterocycles. The third kappa shape index (κ3) is 5.96. The minimum atomic E-state index is -1.02. The van der Waals surface area contributed by atoms with Crippen LogP contribution in [0.4, 0.5) is 0 Å². The van der Waals surface area contributed by atoms with Crippen LogP contribution < -0.4 is 10.2 Å². The topological polar surface area (TPSA) is 89.2 Å². The summed E-state index contributed by atoms with van der Waals surface area (Å²) in [6.07, 6.45) is 2.63. The second-order valence-electron chi connectivity index (χ2n) is 10.2. The van der Waals surface area contributed by atoms with Gasteiger partial charge in [0.15, 0.2) is 5.43 Å². The molecule has 1 aliphatic heterocycles. The lowest BCUT2D eigenvalue weighted by molar-refractivity contribution is -0.0146. The van der Waals surface area contributed by atoms with Gasteiger partial charge in [0.25, 0.3) is 0 Å². The molecule has 0 bridgehead atoms. The highest BCUT2D eigenvalue weighted by Crippen LogP contribution is 2.41. The zero-order chi connectivity index (χ0) is 28.0. The quantitative estimate of drug-likeness (QED) is 0.213. The second kappa shape index (κ2) is 12.5. The molecule has 3 aromatic carbocycles. The van der Waals surface area contributed by atoms with Gasteiger partial charge in [-0.3, -0.25) is 4.79 Å². The van der Waals surface area contributed by atoms with Crippen LogP contribution in [0, 0.1) is 5.92 Å². The number of hydrogen-bond donors (Lipinski definition) is 1. The van der Waals surface area contributed by atoms with Crippen molar-refractivity contribution < 1.29 is 23.8 Å². The minimum Gasteiger partial charge on any atom is -0.494 e. The molecule has 2 heterocycles. The lowest BCUT2D eigenvalue weighted by Crippen LogP contribution is -2.44. The van der Waals surface area contributed by atoms with Crippen molar-refractivity contribution in [3.8, 4) is 5.75 Å². The summed E-state index contributed by atoms with van der Waals surface area (Å²) in [5.41, 5.74) is 0.863. The Morgan fingerprint density at radius 3 is 2.25 bits per heavy atom. The maximum Gasteiger partial charge on any atom is 0.374 e. The number of ether oxygens (including phenoxy) is 2. The van der Waals surface area contributed by atoms with Gasteiger partial charge in [0.1, 0.15) is 16.9 Å². The van der Waals surface area contributed by atoms with E-state index in [-0.39, 0.29) is 23.7 Å². The van der Waals surface area contributed by atoms with Gasteiger partial charge in [-0.25, -0.2) is 4.79 Å². The highest BCUT2D eigenvalue weighted by atomic mass is 16.5. The maximum atomic E-state index is 12.5. The van der Waals surface area contributed by atoms with E-state index in [1.165, 1.54) is 0 Å². The Balaban J connectivity index is 1.15. The van der Waals surface area contributed by atoms with E-state index < -0.39 is 11.6 Å². The van der Waals surface area contributed by atoms with Crippen LogP contribution in [0.3, 0.4) is 0 Å². The van der Waals surface area contributed by atoms with Crippen LogP contribution in [0.2, 0.25) is 0 Å². The van der Waals surface area contributed by atoms with Gasteiger partial charge >= 0.3 is 5.97 Å². The molecule has 0 spiro atoms. The van der Waals surface area contributed by atoms with E-state index in [2.05, 4.69) is 4.90 Å². The molecule has 0 amide bonds. The Morgan fingerprint density at radius 1 is 0.975 bits per heavy atom. The summed E-state index contributed by atoms with van der Waals surface area (Å²) in [4.78, 5) is 26.9. The molecular weight excluding hydrogens is 506 g/mol. The van der Waals surface area contributed by atoms with Crippen LogP contribution in [0.1, 0.15) is 47.9 Å². The fraction of sp³-hybridized carbons (Fsp3) is 0.333. The Hall–Kier alpha value is -3.94. The summed E-state index contributed by atoms with van der Waals surface area (Å²) in [5.74, 6) is -0.0601. The van der Waals surface area contributed by atoms with Gasteiger partial charge in [-0.05, 0) is 74.5 Å². The molecule has 40 heavy (non-hydrogen) atoms. The van der Waals surface area contributed by atoms with E-state index in [0.717, 1.165) is 56.1 Å². The maximum absolute atomic E-state index is 12.5. The van der Waals surface area contributed by atoms with Gasteiger partial charge in [-0.2, -0.15) is 0 Å². The average molecular weight is 542 g/mol. The van der Waals surface area contributed by atoms with Crippen molar-refractivity contribution in [3.05, 3.63) is 112 Å². The Morgan fingerprint density at radius 2 is 1.62 bits per heavy atom. The molecule has 1 fully saturated rings. The summed E-state index contributed by atoms with van der Waals surface area (Å²) in [5, 5.41) is 12.4. The van der Waals surface area contributed by atoms with Crippen molar-refractivity contribution in [2.45, 2.75) is 31.8 Å². The molecule has 5 rings (SSSR count). The highest BCUT2D eigenvalue weighted by Gasteiger charge is 2.41. The number of hydrogen-bond acceptors (Lipinski definition) is 7. The molecule has 4 aromatic rings. The third-order valence-electron chi connectivity index (χ3n) is 7.67. The smallest absolute Gasteiger partial charge is 0.374 e. The number of carbonyl (C=O) groups excluding carboxylic acids is 1. The van der Waals surface area contributed by atoms with Crippen molar-refractivity contribution in [3.63, 3.8) is 0 Å². The summed E-state index contributed by atoms with van der Waals surface area (Å²) < 4.78 is 16.4. The number of nitrogens with zero attached hydrogens (tertiary/aromatic N) is 1. The first-order valence-corrected chi connectivity index (χ1v) is 13.9.